The molecule has 6 atom stereocenters. The number of hydrogen-bond acceptors (Lipinski definition) is 7. The van der Waals surface area contributed by atoms with Crippen molar-refractivity contribution in [1.29, 1.82) is 0 Å². The number of ether oxygens (including phenoxy) is 1. The van der Waals surface area contributed by atoms with Crippen LogP contribution in [-0.2, 0) is 10.2 Å². The van der Waals surface area contributed by atoms with Gasteiger partial charge in [-0.05, 0) is 68.3 Å². The average molecular weight is 493 g/mol. The first-order valence-electron chi connectivity index (χ1n) is 13.0. The van der Waals surface area contributed by atoms with Crippen molar-refractivity contribution in [1.82, 2.24) is 9.80 Å². The maximum Gasteiger partial charge on any atom is 0.246 e. The van der Waals surface area contributed by atoms with Gasteiger partial charge in [0.25, 0.3) is 0 Å². The largest absolute Gasteiger partial charge is 0.504 e. The highest BCUT2D eigenvalue weighted by Crippen LogP contribution is 2.67. The maximum atomic E-state index is 13.2. The van der Waals surface area contributed by atoms with Crippen molar-refractivity contribution in [2.24, 2.45) is 5.92 Å². The quantitative estimate of drug-likeness (QED) is 0.551. The molecule has 1 spiro atoms. The number of aliphatic hydroxyl groups is 2. The van der Waals surface area contributed by atoms with E-state index in [0.717, 1.165) is 29.8 Å². The van der Waals surface area contributed by atoms with Crippen molar-refractivity contribution < 1.29 is 29.3 Å². The summed E-state index contributed by atoms with van der Waals surface area (Å²) in [7, 11) is 1.78. The van der Waals surface area contributed by atoms with E-state index in [1.165, 1.54) is 18.9 Å². The lowest BCUT2D eigenvalue weighted by molar-refractivity contribution is -0.223. The topological polar surface area (TPSA) is 107 Å². The first-order chi connectivity index (χ1) is 17.3. The highest BCUT2D eigenvalue weighted by Gasteiger charge is 2.75. The molecule has 2 bridgehead atoms. The Morgan fingerprint density at radius 2 is 2.08 bits per heavy atom. The molecule has 3 fully saturated rings. The van der Waals surface area contributed by atoms with Gasteiger partial charge in [0.05, 0.1) is 41.7 Å². The number of aliphatic hydroxyl groups excluding tert-OH is 1. The van der Waals surface area contributed by atoms with Crippen LogP contribution in [0.5, 0.6) is 11.5 Å². The van der Waals surface area contributed by atoms with Gasteiger partial charge in [0.2, 0.25) is 5.91 Å². The van der Waals surface area contributed by atoms with Gasteiger partial charge in [-0.15, -0.1) is 0 Å². The molecule has 3 aliphatic carbocycles. The van der Waals surface area contributed by atoms with Crippen LogP contribution < -0.4 is 4.74 Å². The van der Waals surface area contributed by atoms with Gasteiger partial charge in [-0.2, -0.15) is 0 Å². The van der Waals surface area contributed by atoms with Crippen LogP contribution in [0.2, 0.25) is 0 Å². The van der Waals surface area contributed by atoms with E-state index < -0.39 is 29.3 Å². The molecule has 8 nitrogen and oxygen atoms in total. The molecule has 2 aromatic rings. The summed E-state index contributed by atoms with van der Waals surface area (Å²) in [6.07, 6.45) is 9.02. The Labute approximate surface area is 209 Å². The second kappa shape index (κ2) is 7.60. The zero-order valence-electron chi connectivity index (χ0n) is 20.3. The zero-order valence-corrected chi connectivity index (χ0v) is 20.3. The summed E-state index contributed by atoms with van der Waals surface area (Å²) in [5.74, 6) is 0.833. The maximum absolute atomic E-state index is 13.2. The standard InChI is InChI=1S/C28H32N2O6/c1-29(21(32)7-4-17-9-13-35-15-17)19-8-10-28(34)25-23(33)18-5-6-20(31)24-22(18)27(28,26(19)36-24)11-12-30(25)14-16-2-3-16/h4-7,9,13,15-16,19,23,25-26,31,33-34H,2-3,8,10-12,14H2,1H3/b7-4+/t19-,23-,25-,26+,27+,28-/m1/s1. The number of phenolic OH excluding ortho intramolecular Hbond substituents is 1. The number of aromatic hydroxyl groups is 1. The average Bonchev–Trinajstić information content (AvgIpc) is 3.38. The number of furan rings is 1. The molecule has 1 aromatic heterocycles. The van der Waals surface area contributed by atoms with Crippen molar-refractivity contribution in [3.63, 3.8) is 0 Å². The fraction of sp³-hybridized carbons (Fsp3) is 0.536. The molecule has 8 heteroatoms. The molecular formula is C28H32N2O6. The second-order valence-electron chi connectivity index (χ2n) is 11.3. The lowest BCUT2D eigenvalue weighted by Gasteiger charge is -2.65. The van der Waals surface area contributed by atoms with Crippen LogP contribution in [0.25, 0.3) is 6.08 Å². The third-order valence-corrected chi connectivity index (χ3v) is 9.58. The van der Waals surface area contributed by atoms with E-state index in [1.807, 2.05) is 0 Å². The highest BCUT2D eigenvalue weighted by atomic mass is 16.5. The Morgan fingerprint density at radius 1 is 1.25 bits per heavy atom. The van der Waals surface area contributed by atoms with Crippen molar-refractivity contribution >= 4 is 12.0 Å². The summed E-state index contributed by atoms with van der Waals surface area (Å²) in [4.78, 5) is 17.2. The molecule has 3 heterocycles. The van der Waals surface area contributed by atoms with E-state index in [1.54, 1.807) is 48.7 Å². The number of amides is 1. The van der Waals surface area contributed by atoms with Crippen LogP contribution in [0.1, 0.15) is 54.9 Å². The SMILES string of the molecule is CN(C(=O)/C=C/c1ccoc1)[C@@H]1CC[C@@]2(O)[C@H]3[C@H](O)c4ccc(O)c5c4[C@@]2(CCN3CC2CC2)[C@H]1O5. The minimum atomic E-state index is -1.22. The van der Waals surface area contributed by atoms with Gasteiger partial charge in [-0.3, -0.25) is 9.69 Å². The van der Waals surface area contributed by atoms with Crippen LogP contribution in [0.3, 0.4) is 0 Å². The first kappa shape index (κ1) is 22.4. The van der Waals surface area contributed by atoms with Crippen molar-refractivity contribution in [2.75, 3.05) is 20.1 Å². The number of benzene rings is 1. The van der Waals surface area contributed by atoms with Crippen molar-refractivity contribution in [3.8, 4) is 11.5 Å². The number of hydrogen-bond donors (Lipinski definition) is 3. The van der Waals surface area contributed by atoms with Crippen LogP contribution in [0.15, 0.2) is 41.2 Å². The molecule has 2 aliphatic heterocycles. The third kappa shape index (κ3) is 2.83. The predicted octanol–water partition coefficient (Wildman–Crippen LogP) is 2.58. The number of nitrogens with zero attached hydrogens (tertiary/aromatic N) is 2. The molecule has 0 radical (unpaired) electrons. The van der Waals surface area contributed by atoms with Crippen LogP contribution in [0.4, 0.5) is 0 Å². The Balaban J connectivity index is 1.30. The van der Waals surface area contributed by atoms with E-state index >= 15 is 0 Å². The van der Waals surface area contributed by atoms with Crippen LogP contribution >= 0.6 is 0 Å². The normalized spacial score (nSPS) is 36.5. The number of carbonyl (C=O) groups is 1. The van der Waals surface area contributed by atoms with E-state index in [4.69, 9.17) is 9.15 Å². The molecule has 1 amide bonds. The summed E-state index contributed by atoms with van der Waals surface area (Å²) in [6.45, 7) is 1.62. The molecule has 7 rings (SSSR count). The molecular weight excluding hydrogens is 460 g/mol. The summed E-state index contributed by atoms with van der Waals surface area (Å²) in [5, 5.41) is 34.9. The second-order valence-corrected chi connectivity index (χ2v) is 11.3. The smallest absolute Gasteiger partial charge is 0.246 e. The molecule has 5 aliphatic rings. The van der Waals surface area contributed by atoms with Crippen LogP contribution in [-0.4, -0.2) is 75.0 Å². The lowest BCUT2D eigenvalue weighted by atomic mass is 9.47. The number of phenols is 1. The van der Waals surface area contributed by atoms with E-state index in [9.17, 15) is 20.1 Å². The Hall–Kier alpha value is -2.81. The van der Waals surface area contributed by atoms with E-state index in [-0.39, 0.29) is 17.7 Å². The van der Waals surface area contributed by atoms with Gasteiger partial charge in [-0.25, -0.2) is 0 Å². The molecule has 1 aromatic carbocycles. The summed E-state index contributed by atoms with van der Waals surface area (Å²) in [6, 6.07) is 4.41. The fourth-order valence-electron chi connectivity index (χ4n) is 7.73. The molecule has 3 N–H and O–H groups in total. The summed E-state index contributed by atoms with van der Waals surface area (Å²) in [5.41, 5.74) is 0.258. The Morgan fingerprint density at radius 3 is 2.83 bits per heavy atom. The van der Waals surface area contributed by atoms with E-state index in [2.05, 4.69) is 4.90 Å². The number of carbonyl (C=O) groups excluding carboxylic acids is 1. The molecule has 36 heavy (non-hydrogen) atoms. The molecule has 0 unspecified atom stereocenters. The zero-order chi connectivity index (χ0) is 24.8. The van der Waals surface area contributed by atoms with E-state index in [0.29, 0.717) is 30.9 Å². The molecule has 190 valence electrons. The number of piperidine rings is 1. The minimum absolute atomic E-state index is 0.0125. The first-order valence-corrected chi connectivity index (χ1v) is 13.0. The number of likely N-dealkylation sites (N-methyl/N-ethyl adjacent to an activating group) is 1. The van der Waals surface area contributed by atoms with Gasteiger partial charge < -0.3 is 29.4 Å². The predicted molar refractivity (Wildman–Crippen MR) is 130 cm³/mol. The van der Waals surface area contributed by atoms with Gasteiger partial charge >= 0.3 is 0 Å². The lowest BCUT2D eigenvalue weighted by Crippen LogP contribution is -2.79. The Bertz CT molecular complexity index is 1240. The molecule has 1 saturated heterocycles. The van der Waals surface area contributed by atoms with Gasteiger partial charge in [0.15, 0.2) is 11.5 Å². The molecule has 2 saturated carbocycles. The monoisotopic (exact) mass is 492 g/mol. The third-order valence-electron chi connectivity index (χ3n) is 9.58. The summed E-state index contributed by atoms with van der Waals surface area (Å²) >= 11 is 0. The number of likely N-dealkylation sites (tertiary alicyclic amines) is 1. The minimum Gasteiger partial charge on any atom is -0.504 e. The van der Waals surface area contributed by atoms with Gasteiger partial charge in [0.1, 0.15) is 6.10 Å². The Kier molecular flexibility index (Phi) is 4.73. The highest BCUT2D eigenvalue weighted by molar-refractivity contribution is 5.92. The van der Waals surface area contributed by atoms with Gasteiger partial charge in [0, 0.05) is 30.8 Å². The fourth-order valence-corrected chi connectivity index (χ4v) is 7.73. The summed E-state index contributed by atoms with van der Waals surface area (Å²) < 4.78 is 11.6. The van der Waals surface area contributed by atoms with Crippen LogP contribution in [0, 0.1) is 5.92 Å². The van der Waals surface area contributed by atoms with Crippen molar-refractivity contribution in [2.45, 2.75) is 67.4 Å². The van der Waals surface area contributed by atoms with Crippen molar-refractivity contribution in [3.05, 3.63) is 53.5 Å². The number of rotatable bonds is 5. The van der Waals surface area contributed by atoms with Gasteiger partial charge in [-0.1, -0.05) is 6.07 Å².